The molecule has 0 radical (unpaired) electrons. The Bertz CT molecular complexity index is 918. The number of hydrogen-bond donors (Lipinski definition) is 4. The van der Waals surface area contributed by atoms with Crippen molar-refractivity contribution in [3.63, 3.8) is 0 Å². The van der Waals surface area contributed by atoms with Gasteiger partial charge in [0.05, 0.1) is 12.5 Å². The SMILES string of the molecule is CC(C)(C)CC(C)(C)NC(=O)NC(Cc1c[nH]c2ccccc12)C(=O)NCCC#N. The number of para-hydroxylation sites is 1. The lowest BCUT2D eigenvalue weighted by Crippen LogP contribution is -2.56. The molecule has 0 saturated heterocycles. The highest BCUT2D eigenvalue weighted by Crippen LogP contribution is 2.26. The lowest BCUT2D eigenvalue weighted by molar-refractivity contribution is -0.122. The minimum absolute atomic E-state index is 0.0505. The van der Waals surface area contributed by atoms with Crippen molar-refractivity contribution in [3.05, 3.63) is 36.0 Å². The monoisotopic (exact) mass is 411 g/mol. The Kier molecular flexibility index (Phi) is 7.49. The van der Waals surface area contributed by atoms with Crippen molar-refractivity contribution in [2.45, 2.75) is 65.5 Å². The van der Waals surface area contributed by atoms with Gasteiger partial charge in [-0.05, 0) is 37.3 Å². The minimum atomic E-state index is -0.756. The van der Waals surface area contributed by atoms with E-state index in [1.807, 2.05) is 50.4 Å². The predicted octanol–water partition coefficient (Wildman–Crippen LogP) is 3.62. The number of fused-ring (bicyclic) bond motifs is 1. The van der Waals surface area contributed by atoms with Gasteiger partial charge >= 0.3 is 6.03 Å². The minimum Gasteiger partial charge on any atom is -0.361 e. The Balaban J connectivity index is 2.14. The molecule has 30 heavy (non-hydrogen) atoms. The van der Waals surface area contributed by atoms with Crippen LogP contribution in [0.4, 0.5) is 4.79 Å². The number of carbonyl (C=O) groups is 2. The molecular formula is C23H33N5O2. The van der Waals surface area contributed by atoms with E-state index >= 15 is 0 Å². The molecule has 7 nitrogen and oxygen atoms in total. The summed E-state index contributed by atoms with van der Waals surface area (Å²) in [5.41, 5.74) is 1.55. The number of aromatic nitrogens is 1. The lowest BCUT2D eigenvalue weighted by atomic mass is 9.82. The molecule has 0 fully saturated rings. The van der Waals surface area contributed by atoms with Gasteiger partial charge in [0.25, 0.3) is 0 Å². The van der Waals surface area contributed by atoms with Crippen LogP contribution in [-0.2, 0) is 11.2 Å². The first kappa shape index (κ1) is 23.3. The van der Waals surface area contributed by atoms with E-state index in [9.17, 15) is 9.59 Å². The second-order valence-electron chi connectivity index (χ2n) is 9.54. The van der Waals surface area contributed by atoms with Crippen molar-refractivity contribution < 1.29 is 9.59 Å². The van der Waals surface area contributed by atoms with Crippen molar-refractivity contribution in [1.82, 2.24) is 20.9 Å². The zero-order valence-corrected chi connectivity index (χ0v) is 18.6. The number of urea groups is 1. The van der Waals surface area contributed by atoms with E-state index in [1.165, 1.54) is 0 Å². The third-order valence-electron chi connectivity index (χ3n) is 4.68. The van der Waals surface area contributed by atoms with Gasteiger partial charge in [-0.1, -0.05) is 39.0 Å². The molecule has 1 aromatic heterocycles. The highest BCUT2D eigenvalue weighted by molar-refractivity contribution is 5.89. The zero-order chi connectivity index (χ0) is 22.4. The van der Waals surface area contributed by atoms with Crippen LogP contribution in [-0.4, -0.2) is 35.0 Å². The first-order valence-corrected chi connectivity index (χ1v) is 10.3. The quantitative estimate of drug-likeness (QED) is 0.498. The maximum absolute atomic E-state index is 12.7. The van der Waals surface area contributed by atoms with Crippen LogP contribution in [0.5, 0.6) is 0 Å². The average molecular weight is 412 g/mol. The van der Waals surface area contributed by atoms with E-state index in [2.05, 4.69) is 41.7 Å². The van der Waals surface area contributed by atoms with Gasteiger partial charge in [0.15, 0.2) is 0 Å². The maximum atomic E-state index is 12.7. The van der Waals surface area contributed by atoms with Gasteiger partial charge in [0.1, 0.15) is 6.04 Å². The van der Waals surface area contributed by atoms with E-state index in [0.717, 1.165) is 22.9 Å². The number of H-pyrrole nitrogens is 1. The van der Waals surface area contributed by atoms with Crippen LogP contribution in [0.25, 0.3) is 10.9 Å². The molecule has 1 heterocycles. The van der Waals surface area contributed by atoms with Crippen LogP contribution in [0.1, 0.15) is 53.0 Å². The molecule has 4 N–H and O–H groups in total. The van der Waals surface area contributed by atoms with Crippen LogP contribution >= 0.6 is 0 Å². The summed E-state index contributed by atoms with van der Waals surface area (Å²) in [4.78, 5) is 28.7. The fraction of sp³-hybridized carbons (Fsp3) is 0.522. The molecule has 1 atom stereocenters. The summed E-state index contributed by atoms with van der Waals surface area (Å²) >= 11 is 0. The second-order valence-corrected chi connectivity index (χ2v) is 9.54. The molecule has 0 spiro atoms. The topological polar surface area (TPSA) is 110 Å². The van der Waals surface area contributed by atoms with E-state index in [0.29, 0.717) is 6.42 Å². The molecule has 7 heteroatoms. The van der Waals surface area contributed by atoms with Gasteiger partial charge in [-0.2, -0.15) is 5.26 Å². The summed E-state index contributed by atoms with van der Waals surface area (Å²) in [6.07, 6.45) is 3.21. The standard InChI is InChI=1S/C23H33N5O2/c1-22(2,3)15-23(4,5)28-21(30)27-19(20(29)25-12-8-11-24)13-16-14-26-18-10-7-6-9-17(16)18/h6-7,9-10,14,19,26H,8,12-13,15H2,1-5H3,(H,25,29)(H2,27,28,30). The number of carbonyl (C=O) groups excluding carboxylic acids is 2. The van der Waals surface area contributed by atoms with E-state index in [-0.39, 0.29) is 30.3 Å². The van der Waals surface area contributed by atoms with Gasteiger partial charge < -0.3 is 20.9 Å². The van der Waals surface area contributed by atoms with Crippen LogP contribution in [0.2, 0.25) is 0 Å². The highest BCUT2D eigenvalue weighted by Gasteiger charge is 2.29. The zero-order valence-electron chi connectivity index (χ0n) is 18.6. The van der Waals surface area contributed by atoms with Crippen LogP contribution in [0, 0.1) is 16.7 Å². The summed E-state index contributed by atoms with van der Waals surface area (Å²) in [5, 5.41) is 18.3. The second kappa shape index (κ2) is 9.66. The largest absolute Gasteiger partial charge is 0.361 e. The van der Waals surface area contributed by atoms with Gasteiger partial charge in [0.2, 0.25) is 5.91 Å². The number of amides is 3. The molecule has 0 aliphatic carbocycles. The van der Waals surface area contributed by atoms with Crippen molar-refractivity contribution in [2.24, 2.45) is 5.41 Å². The van der Waals surface area contributed by atoms with E-state index < -0.39 is 11.6 Å². The third-order valence-corrected chi connectivity index (χ3v) is 4.68. The van der Waals surface area contributed by atoms with Crippen molar-refractivity contribution >= 4 is 22.8 Å². The van der Waals surface area contributed by atoms with Crippen LogP contribution in [0.3, 0.4) is 0 Å². The molecule has 162 valence electrons. The normalized spacial score (nSPS) is 12.8. The molecule has 1 unspecified atom stereocenters. The molecule has 1 aromatic carbocycles. The molecule has 2 aromatic rings. The number of nitrogens with zero attached hydrogens (tertiary/aromatic N) is 1. The first-order chi connectivity index (χ1) is 14.0. The fourth-order valence-electron chi connectivity index (χ4n) is 3.97. The molecule has 2 rings (SSSR count). The molecule has 3 amide bonds. The van der Waals surface area contributed by atoms with Crippen LogP contribution in [0.15, 0.2) is 30.5 Å². The third kappa shape index (κ3) is 7.11. The van der Waals surface area contributed by atoms with Crippen LogP contribution < -0.4 is 16.0 Å². The van der Waals surface area contributed by atoms with Crippen molar-refractivity contribution in [3.8, 4) is 6.07 Å². The van der Waals surface area contributed by atoms with Gasteiger partial charge in [-0.3, -0.25) is 4.79 Å². The predicted molar refractivity (Wildman–Crippen MR) is 119 cm³/mol. The smallest absolute Gasteiger partial charge is 0.315 e. The number of nitrogens with one attached hydrogen (secondary N) is 4. The Hall–Kier alpha value is -3.01. The number of rotatable bonds is 8. The Morgan fingerprint density at radius 3 is 2.53 bits per heavy atom. The molecule has 0 aliphatic heterocycles. The van der Waals surface area contributed by atoms with Crippen molar-refractivity contribution in [2.75, 3.05) is 6.54 Å². The molecule has 0 bridgehead atoms. The fourth-order valence-corrected chi connectivity index (χ4v) is 3.97. The van der Waals surface area contributed by atoms with Crippen molar-refractivity contribution in [1.29, 1.82) is 5.26 Å². The lowest BCUT2D eigenvalue weighted by Gasteiger charge is -2.33. The summed E-state index contributed by atoms with van der Waals surface area (Å²) in [6, 6.07) is 8.70. The number of aromatic amines is 1. The van der Waals surface area contributed by atoms with Gasteiger partial charge in [-0.15, -0.1) is 0 Å². The summed E-state index contributed by atoms with van der Waals surface area (Å²) in [7, 11) is 0. The Morgan fingerprint density at radius 2 is 1.87 bits per heavy atom. The highest BCUT2D eigenvalue weighted by atomic mass is 16.2. The van der Waals surface area contributed by atoms with E-state index in [1.54, 1.807) is 0 Å². The maximum Gasteiger partial charge on any atom is 0.315 e. The summed E-state index contributed by atoms with van der Waals surface area (Å²) in [6.45, 7) is 10.6. The number of benzene rings is 1. The van der Waals surface area contributed by atoms with E-state index in [4.69, 9.17) is 5.26 Å². The Morgan fingerprint density at radius 1 is 1.17 bits per heavy atom. The molecule has 0 aliphatic rings. The summed E-state index contributed by atoms with van der Waals surface area (Å²) in [5.74, 6) is -0.306. The molecule has 0 saturated carbocycles. The van der Waals surface area contributed by atoms with Gasteiger partial charge in [-0.25, -0.2) is 4.79 Å². The van der Waals surface area contributed by atoms with Gasteiger partial charge in [0, 0.05) is 35.6 Å². The molecular weight excluding hydrogens is 378 g/mol. The first-order valence-electron chi connectivity index (χ1n) is 10.3. The number of hydrogen-bond acceptors (Lipinski definition) is 3. The summed E-state index contributed by atoms with van der Waals surface area (Å²) < 4.78 is 0. The number of nitriles is 1. The Labute approximate surface area is 178 Å². The average Bonchev–Trinajstić information content (AvgIpc) is 3.01.